The minimum absolute atomic E-state index is 0.0520. The third kappa shape index (κ3) is 8.77. The highest BCUT2D eigenvalue weighted by molar-refractivity contribution is 6.76. The van der Waals surface area contributed by atoms with E-state index in [2.05, 4.69) is 90.4 Å². The zero-order chi connectivity index (χ0) is 29.7. The van der Waals surface area contributed by atoms with Gasteiger partial charge in [0.15, 0.2) is 8.32 Å². The summed E-state index contributed by atoms with van der Waals surface area (Å²) in [6.45, 7) is 24.5. The summed E-state index contributed by atoms with van der Waals surface area (Å²) in [6, 6.07) is 13.4. The van der Waals surface area contributed by atoms with Crippen molar-refractivity contribution in [1.29, 1.82) is 0 Å². The van der Waals surface area contributed by atoms with Crippen molar-refractivity contribution in [2.24, 2.45) is 0 Å². The van der Waals surface area contributed by atoms with Crippen molar-refractivity contribution in [2.45, 2.75) is 89.8 Å². The number of carbonyl (C=O) groups is 1. The molecule has 2 aromatic rings. The third-order valence-corrected chi connectivity index (χ3v) is 13.6. The summed E-state index contributed by atoms with van der Waals surface area (Å²) >= 11 is 0. The van der Waals surface area contributed by atoms with Gasteiger partial charge in [0.2, 0.25) is 0 Å². The van der Waals surface area contributed by atoms with Gasteiger partial charge in [0.25, 0.3) is 0 Å². The second-order valence-electron chi connectivity index (χ2n) is 13.4. The maximum Gasteiger partial charge on any atom is 0.303 e. The van der Waals surface area contributed by atoms with Gasteiger partial charge in [-0.1, -0.05) is 95.6 Å². The molecule has 0 fully saturated rings. The smallest absolute Gasteiger partial charge is 0.303 e. The number of esters is 1. The highest BCUT2D eigenvalue weighted by atomic mass is 28.4. The molecule has 3 rings (SSSR count). The van der Waals surface area contributed by atoms with Crippen molar-refractivity contribution in [2.75, 3.05) is 13.2 Å². The van der Waals surface area contributed by atoms with Crippen LogP contribution < -0.4 is 4.74 Å². The molecule has 2 aromatic carbocycles. The fourth-order valence-corrected chi connectivity index (χ4v) is 6.09. The number of fused-ring (bicyclic) bond motifs is 1. The normalized spacial score (nSPS) is 20.2. The van der Waals surface area contributed by atoms with Gasteiger partial charge in [0, 0.05) is 20.6 Å². The van der Waals surface area contributed by atoms with E-state index < -0.39 is 34.7 Å². The molecule has 0 saturated heterocycles. The van der Waals surface area contributed by atoms with Crippen molar-refractivity contribution >= 4 is 33.1 Å². The van der Waals surface area contributed by atoms with Crippen LogP contribution in [0.3, 0.4) is 0 Å². The van der Waals surface area contributed by atoms with Gasteiger partial charge in [-0.15, -0.1) is 0 Å². The lowest BCUT2D eigenvalue weighted by Crippen LogP contribution is -2.46. The van der Waals surface area contributed by atoms with Crippen molar-refractivity contribution in [3.05, 3.63) is 78.4 Å². The van der Waals surface area contributed by atoms with Gasteiger partial charge in [0.05, 0.1) is 6.61 Å². The first-order valence-electron chi connectivity index (χ1n) is 14.2. The Kier molecular flexibility index (Phi) is 10.4. The summed E-state index contributed by atoms with van der Waals surface area (Å²) in [7, 11) is -3.20. The van der Waals surface area contributed by atoms with Crippen molar-refractivity contribution in [1.82, 2.24) is 0 Å². The minimum atomic E-state index is -2.05. The molecule has 0 amide bonds. The average molecular weight is 581 g/mol. The molecular formula is C33H48O5Si2. The van der Waals surface area contributed by atoms with E-state index in [0.717, 1.165) is 33.7 Å². The lowest BCUT2D eigenvalue weighted by molar-refractivity contribution is -0.156. The number of carbonyl (C=O) groups excluding carboxylic acids is 1. The van der Waals surface area contributed by atoms with Crippen molar-refractivity contribution < 1.29 is 23.4 Å². The van der Waals surface area contributed by atoms with Gasteiger partial charge < -0.3 is 18.6 Å². The molecule has 5 nitrogen and oxygen atoms in total. The largest absolute Gasteiger partial charge is 0.489 e. The van der Waals surface area contributed by atoms with E-state index in [4.69, 9.17) is 18.6 Å². The summed E-state index contributed by atoms with van der Waals surface area (Å²) in [5.74, 6) is 0.409. The Labute approximate surface area is 243 Å². The maximum absolute atomic E-state index is 11.9. The lowest BCUT2D eigenvalue weighted by atomic mass is 9.96. The summed E-state index contributed by atoms with van der Waals surface area (Å²) in [5, 5.41) is 2.22. The Morgan fingerprint density at radius 2 is 1.75 bits per heavy atom. The molecule has 0 N–H and O–H groups in total. The van der Waals surface area contributed by atoms with Crippen molar-refractivity contribution in [3.8, 4) is 5.75 Å². The van der Waals surface area contributed by atoms with E-state index >= 15 is 0 Å². The SMILES string of the molecule is C=C(C=CC[Si](C)(C)C)COc1ccc2ccccc2c1C1C=CC(OC(C)=O)C(CO[Si](C)(C)C(C)(C)C)O1. The first-order valence-corrected chi connectivity index (χ1v) is 20.8. The fraction of sp³-hybridized carbons (Fsp3) is 0.485. The second kappa shape index (κ2) is 13.0. The molecule has 0 saturated carbocycles. The van der Waals surface area contributed by atoms with Crippen LogP contribution in [-0.4, -0.2) is 47.8 Å². The predicted molar refractivity (Wildman–Crippen MR) is 171 cm³/mol. The molecule has 1 aliphatic heterocycles. The van der Waals surface area contributed by atoms with Gasteiger partial charge in [-0.05, 0) is 52.7 Å². The van der Waals surface area contributed by atoms with Gasteiger partial charge in [-0.2, -0.15) is 0 Å². The maximum atomic E-state index is 11.9. The van der Waals surface area contributed by atoms with Crippen LogP contribution in [0.1, 0.15) is 39.4 Å². The number of hydrogen-bond donors (Lipinski definition) is 0. The average Bonchev–Trinajstić information content (AvgIpc) is 2.85. The molecule has 40 heavy (non-hydrogen) atoms. The predicted octanol–water partition coefficient (Wildman–Crippen LogP) is 8.62. The van der Waals surface area contributed by atoms with Crippen LogP contribution in [0, 0.1) is 0 Å². The van der Waals surface area contributed by atoms with E-state index in [9.17, 15) is 4.79 Å². The Hall–Kier alpha value is -2.46. The molecule has 0 aliphatic carbocycles. The minimum Gasteiger partial charge on any atom is -0.489 e. The lowest BCUT2D eigenvalue weighted by Gasteiger charge is -2.39. The topological polar surface area (TPSA) is 54.0 Å². The van der Waals surface area contributed by atoms with E-state index in [-0.39, 0.29) is 11.0 Å². The van der Waals surface area contributed by atoms with E-state index in [1.165, 1.54) is 6.92 Å². The molecule has 0 radical (unpaired) electrons. The number of allylic oxidation sites excluding steroid dienone is 1. The second-order valence-corrected chi connectivity index (χ2v) is 23.8. The quantitative estimate of drug-likeness (QED) is 0.115. The summed E-state index contributed by atoms with van der Waals surface area (Å²) in [6.07, 6.45) is 6.83. The van der Waals surface area contributed by atoms with Gasteiger partial charge in [-0.25, -0.2) is 0 Å². The number of hydrogen-bond acceptors (Lipinski definition) is 5. The van der Waals surface area contributed by atoms with E-state index in [1.54, 1.807) is 0 Å². The molecule has 3 unspecified atom stereocenters. The van der Waals surface area contributed by atoms with Crippen LogP contribution in [0.15, 0.2) is 72.9 Å². The Balaban J connectivity index is 1.90. The summed E-state index contributed by atoms with van der Waals surface area (Å²) < 4.78 is 25.2. The van der Waals surface area contributed by atoms with Gasteiger partial charge in [-0.3, -0.25) is 4.79 Å². The number of rotatable bonds is 11. The van der Waals surface area contributed by atoms with Crippen LogP contribution in [0.5, 0.6) is 5.75 Å². The van der Waals surface area contributed by atoms with Gasteiger partial charge in [0.1, 0.15) is 30.7 Å². The molecular weight excluding hydrogens is 533 g/mol. The first kappa shape index (κ1) is 32.1. The molecule has 1 heterocycles. The van der Waals surface area contributed by atoms with Gasteiger partial charge >= 0.3 is 5.97 Å². The zero-order valence-electron chi connectivity index (χ0n) is 25.9. The molecule has 7 heteroatoms. The van der Waals surface area contributed by atoms with Crippen molar-refractivity contribution in [3.63, 3.8) is 0 Å². The summed E-state index contributed by atoms with van der Waals surface area (Å²) in [5.41, 5.74) is 1.87. The summed E-state index contributed by atoms with van der Waals surface area (Å²) in [4.78, 5) is 11.9. The monoisotopic (exact) mass is 580 g/mol. The molecule has 3 atom stereocenters. The van der Waals surface area contributed by atoms with E-state index in [0.29, 0.717) is 13.2 Å². The zero-order valence-corrected chi connectivity index (χ0v) is 27.9. The molecule has 0 bridgehead atoms. The number of benzene rings is 2. The highest BCUT2D eigenvalue weighted by Crippen LogP contribution is 2.40. The molecule has 218 valence electrons. The molecule has 0 spiro atoms. The standard InChI is InChI=1S/C33H48O5Si2/c1-24(14-13-21-39(6,7)8)22-35-29-18-17-26-15-11-12-16-27(26)32(29)30-20-19-28(37-25(2)34)31(38-30)23-36-40(9,10)33(3,4)5/h11-20,28,30-31H,1,21-23H2,2-10H3. The Bertz CT molecular complexity index is 1250. The van der Waals surface area contributed by atoms with Crippen LogP contribution >= 0.6 is 0 Å². The van der Waals surface area contributed by atoms with E-state index in [1.807, 2.05) is 30.4 Å². The molecule has 1 aliphatic rings. The highest BCUT2D eigenvalue weighted by Gasteiger charge is 2.40. The van der Waals surface area contributed by atoms with Crippen LogP contribution in [0.2, 0.25) is 43.8 Å². The first-order chi connectivity index (χ1) is 18.6. The van der Waals surface area contributed by atoms with Crippen LogP contribution in [-0.2, 0) is 18.7 Å². The van der Waals surface area contributed by atoms with Crippen LogP contribution in [0.25, 0.3) is 10.8 Å². The molecule has 0 aromatic heterocycles. The Morgan fingerprint density at radius 3 is 2.40 bits per heavy atom. The van der Waals surface area contributed by atoms with Crippen LogP contribution in [0.4, 0.5) is 0 Å². The fourth-order valence-electron chi connectivity index (χ4n) is 4.25. The third-order valence-electron chi connectivity index (χ3n) is 7.59. The number of ether oxygens (including phenoxy) is 3. The Morgan fingerprint density at radius 1 is 1.05 bits per heavy atom.